The van der Waals surface area contributed by atoms with E-state index in [4.69, 9.17) is 19.1 Å². The highest BCUT2D eigenvalue weighted by Crippen LogP contribution is 2.43. The summed E-state index contributed by atoms with van der Waals surface area (Å²) >= 11 is 0. The van der Waals surface area contributed by atoms with E-state index in [1.165, 1.54) is 89.9 Å². The fourth-order valence-electron chi connectivity index (χ4n) is 5.09. The van der Waals surface area contributed by atoms with Crippen LogP contribution in [0.15, 0.2) is 24.3 Å². The van der Waals surface area contributed by atoms with E-state index in [1.54, 1.807) is 0 Å². The average molecular weight is 719 g/mol. The molecule has 0 radical (unpaired) electrons. The number of aliphatic hydroxyl groups is 2. The molecule has 0 fully saturated rings. The monoisotopic (exact) mass is 718 g/mol. The fraction of sp³-hybridized carbons (Fsp3) is 0.842. The van der Waals surface area contributed by atoms with Crippen LogP contribution in [0.4, 0.5) is 0 Å². The molecule has 3 N–H and O–H groups in total. The first-order valence-electron chi connectivity index (χ1n) is 19.3. The fourth-order valence-corrected chi connectivity index (χ4v) is 5.88. The van der Waals surface area contributed by atoms with Crippen LogP contribution in [0, 0.1) is 0 Å². The van der Waals surface area contributed by atoms with Crippen molar-refractivity contribution in [1.82, 2.24) is 0 Å². The lowest BCUT2D eigenvalue weighted by atomic mass is 10.1. The van der Waals surface area contributed by atoms with Gasteiger partial charge in [0.15, 0.2) is 6.10 Å². The first-order valence-corrected chi connectivity index (χ1v) is 20.8. The largest absolute Gasteiger partial charge is 0.472 e. The van der Waals surface area contributed by atoms with Crippen LogP contribution in [0.25, 0.3) is 0 Å². The van der Waals surface area contributed by atoms with E-state index >= 15 is 0 Å². The molecule has 0 aliphatic heterocycles. The summed E-state index contributed by atoms with van der Waals surface area (Å²) in [7, 11) is -4.61. The van der Waals surface area contributed by atoms with E-state index in [-0.39, 0.29) is 19.4 Å². The third kappa shape index (κ3) is 34.7. The lowest BCUT2D eigenvalue weighted by Gasteiger charge is -2.20. The number of ether oxygens (including phenoxy) is 2. The molecule has 0 aromatic heterocycles. The van der Waals surface area contributed by atoms with E-state index in [1.807, 2.05) is 6.08 Å². The topological polar surface area (TPSA) is 149 Å². The van der Waals surface area contributed by atoms with Crippen molar-refractivity contribution in [2.24, 2.45) is 0 Å². The van der Waals surface area contributed by atoms with Gasteiger partial charge in [0, 0.05) is 12.8 Å². The summed E-state index contributed by atoms with van der Waals surface area (Å²) in [5.74, 6) is -0.979. The quantitative estimate of drug-likeness (QED) is 0.0248. The van der Waals surface area contributed by atoms with Gasteiger partial charge in [0.2, 0.25) is 0 Å². The van der Waals surface area contributed by atoms with Crippen LogP contribution in [-0.4, -0.2) is 65.7 Å². The van der Waals surface area contributed by atoms with E-state index in [0.29, 0.717) is 12.8 Å². The number of carbonyl (C=O) groups is 2. The van der Waals surface area contributed by atoms with Crippen LogP contribution < -0.4 is 0 Å². The maximum absolute atomic E-state index is 12.5. The Balaban J connectivity index is 4.36. The number of unbranched alkanes of at least 4 members (excludes halogenated alkanes) is 18. The normalized spacial score (nSPS) is 14.3. The molecular formula is C38H71O10P. The van der Waals surface area contributed by atoms with Gasteiger partial charge < -0.3 is 24.6 Å². The SMILES string of the molecule is CCCCCCCCCCC/C=C/C/C=C/CCCC(=O)OC[C@@H](COP(=O)(O)OC[C@H](O)CO)OC(=O)CCCCCCCCCCC. The lowest BCUT2D eigenvalue weighted by molar-refractivity contribution is -0.161. The van der Waals surface area contributed by atoms with Gasteiger partial charge in [-0.2, -0.15) is 0 Å². The number of hydrogen-bond donors (Lipinski definition) is 3. The molecule has 0 aromatic rings. The first kappa shape index (κ1) is 47.4. The first-order chi connectivity index (χ1) is 23.7. The van der Waals surface area contributed by atoms with E-state index in [0.717, 1.165) is 38.5 Å². The zero-order valence-corrected chi connectivity index (χ0v) is 31.8. The molecule has 0 amide bonds. The van der Waals surface area contributed by atoms with Crippen LogP contribution in [0.3, 0.4) is 0 Å². The Morgan fingerprint density at radius 3 is 1.63 bits per heavy atom. The molecule has 0 bridgehead atoms. The van der Waals surface area contributed by atoms with Crippen LogP contribution in [0.1, 0.15) is 168 Å². The second-order valence-electron chi connectivity index (χ2n) is 13.0. The minimum Gasteiger partial charge on any atom is -0.462 e. The van der Waals surface area contributed by atoms with Gasteiger partial charge in [0.25, 0.3) is 0 Å². The third-order valence-corrected chi connectivity index (χ3v) is 9.06. The smallest absolute Gasteiger partial charge is 0.462 e. The standard InChI is InChI=1S/C38H71O10P/c1-3-5-7-9-11-13-14-15-16-17-18-19-20-22-23-25-27-29-37(41)45-33-36(34-47-49(43,44)46-32-35(40)31-39)48-38(42)30-28-26-24-21-12-10-8-6-4-2/h18-19,22-23,35-36,39-40H,3-17,20-21,24-34H2,1-2H3,(H,43,44)/b19-18+,23-22+/t35-,36+/m1/s1. The number of hydrogen-bond acceptors (Lipinski definition) is 9. The second-order valence-corrected chi connectivity index (χ2v) is 14.4. The number of rotatable bonds is 36. The zero-order chi connectivity index (χ0) is 36.3. The van der Waals surface area contributed by atoms with Gasteiger partial charge in [-0.05, 0) is 38.5 Å². The molecule has 0 rings (SSSR count). The number of esters is 2. The van der Waals surface area contributed by atoms with Crippen molar-refractivity contribution in [3.63, 3.8) is 0 Å². The van der Waals surface area contributed by atoms with Crippen molar-refractivity contribution >= 4 is 19.8 Å². The molecule has 1 unspecified atom stereocenters. The highest BCUT2D eigenvalue weighted by Gasteiger charge is 2.27. The predicted octanol–water partition coefficient (Wildman–Crippen LogP) is 9.44. The van der Waals surface area contributed by atoms with Crippen molar-refractivity contribution in [3.05, 3.63) is 24.3 Å². The molecule has 0 aliphatic carbocycles. The number of phosphoric ester groups is 1. The molecule has 10 nitrogen and oxygen atoms in total. The molecular weight excluding hydrogens is 647 g/mol. The van der Waals surface area contributed by atoms with Gasteiger partial charge >= 0.3 is 19.8 Å². The van der Waals surface area contributed by atoms with Gasteiger partial charge in [-0.3, -0.25) is 18.6 Å². The highest BCUT2D eigenvalue weighted by atomic mass is 31.2. The van der Waals surface area contributed by atoms with Crippen molar-refractivity contribution in [2.45, 2.75) is 180 Å². The number of aliphatic hydroxyl groups excluding tert-OH is 2. The van der Waals surface area contributed by atoms with Crippen molar-refractivity contribution < 1.29 is 47.8 Å². The van der Waals surface area contributed by atoms with Crippen LogP contribution in [0.5, 0.6) is 0 Å². The Bertz CT molecular complexity index is 879. The molecule has 0 saturated heterocycles. The Morgan fingerprint density at radius 1 is 0.612 bits per heavy atom. The molecule has 0 spiro atoms. The average Bonchev–Trinajstić information content (AvgIpc) is 3.09. The number of carbonyl (C=O) groups excluding carboxylic acids is 2. The molecule has 0 aliphatic rings. The Hall–Kier alpha value is -1.55. The molecule has 288 valence electrons. The molecule has 0 heterocycles. The van der Waals surface area contributed by atoms with Crippen molar-refractivity contribution in [3.8, 4) is 0 Å². The predicted molar refractivity (Wildman–Crippen MR) is 196 cm³/mol. The maximum Gasteiger partial charge on any atom is 0.472 e. The summed E-state index contributed by atoms with van der Waals surface area (Å²) in [6.45, 7) is 2.30. The summed E-state index contributed by atoms with van der Waals surface area (Å²) in [4.78, 5) is 34.7. The zero-order valence-electron chi connectivity index (χ0n) is 30.9. The van der Waals surface area contributed by atoms with Gasteiger partial charge in [-0.25, -0.2) is 4.57 Å². The van der Waals surface area contributed by atoms with E-state index < -0.39 is 51.8 Å². The minimum absolute atomic E-state index is 0.178. The lowest BCUT2D eigenvalue weighted by Crippen LogP contribution is -2.29. The minimum atomic E-state index is -4.61. The number of phosphoric acid groups is 1. The number of allylic oxidation sites excluding steroid dienone is 4. The molecule has 0 aromatic carbocycles. The summed E-state index contributed by atoms with van der Waals surface area (Å²) in [6, 6.07) is 0. The summed E-state index contributed by atoms with van der Waals surface area (Å²) in [6.07, 6.45) is 31.7. The highest BCUT2D eigenvalue weighted by molar-refractivity contribution is 7.47. The van der Waals surface area contributed by atoms with Gasteiger partial charge in [-0.15, -0.1) is 0 Å². The molecule has 49 heavy (non-hydrogen) atoms. The van der Waals surface area contributed by atoms with Crippen LogP contribution in [-0.2, 0) is 32.7 Å². The molecule has 0 saturated carbocycles. The molecule has 11 heteroatoms. The Labute approximate surface area is 298 Å². The van der Waals surface area contributed by atoms with Crippen LogP contribution in [0.2, 0.25) is 0 Å². The summed E-state index contributed by atoms with van der Waals surface area (Å²) in [5.41, 5.74) is 0. The van der Waals surface area contributed by atoms with Crippen molar-refractivity contribution in [1.29, 1.82) is 0 Å². The Kier molecular flexibility index (Phi) is 33.8. The summed E-state index contributed by atoms with van der Waals surface area (Å²) in [5, 5.41) is 18.2. The van der Waals surface area contributed by atoms with E-state index in [9.17, 15) is 24.2 Å². The van der Waals surface area contributed by atoms with Gasteiger partial charge in [0.1, 0.15) is 12.7 Å². The van der Waals surface area contributed by atoms with E-state index in [2.05, 4.69) is 36.6 Å². The van der Waals surface area contributed by atoms with Crippen LogP contribution >= 0.6 is 7.82 Å². The molecule has 3 atom stereocenters. The Morgan fingerprint density at radius 2 is 1.08 bits per heavy atom. The van der Waals surface area contributed by atoms with Gasteiger partial charge in [0.05, 0.1) is 19.8 Å². The van der Waals surface area contributed by atoms with Crippen molar-refractivity contribution in [2.75, 3.05) is 26.4 Å². The maximum atomic E-state index is 12.5. The van der Waals surface area contributed by atoms with Gasteiger partial charge in [-0.1, -0.05) is 141 Å². The second kappa shape index (κ2) is 34.9. The summed E-state index contributed by atoms with van der Waals surface area (Å²) < 4.78 is 32.5. The third-order valence-electron chi connectivity index (χ3n) is 8.11.